The summed E-state index contributed by atoms with van der Waals surface area (Å²) in [4.78, 5) is 12.4. The van der Waals surface area contributed by atoms with Crippen LogP contribution in [0.1, 0.15) is 44.4 Å². The molecule has 0 heterocycles. The van der Waals surface area contributed by atoms with E-state index in [9.17, 15) is 4.79 Å². The summed E-state index contributed by atoms with van der Waals surface area (Å²) in [6.45, 7) is 5.81. The minimum absolute atomic E-state index is 0.0113. The molecule has 2 rings (SSSR count). The van der Waals surface area contributed by atoms with Gasteiger partial charge in [0.2, 0.25) is 5.91 Å². The van der Waals surface area contributed by atoms with Crippen LogP contribution < -0.4 is 10.1 Å². The second kappa shape index (κ2) is 8.00. The van der Waals surface area contributed by atoms with E-state index in [0.29, 0.717) is 0 Å². The Hall–Kier alpha value is -2.29. The number of benzene rings is 2. The van der Waals surface area contributed by atoms with E-state index in [0.717, 1.165) is 24.2 Å². The maximum Gasteiger partial charge on any atom is 0.225 e. The number of aryl methyl sites for hydroxylation is 1. The van der Waals surface area contributed by atoms with E-state index in [1.165, 1.54) is 5.56 Å². The Bertz CT molecular complexity index is 642. The highest BCUT2D eigenvalue weighted by Crippen LogP contribution is 2.24. The SMILES string of the molecule is COc1ccc(C(CCc2ccccc2)NC(=O)C(C)(C)C)cc1. The molecule has 0 aliphatic rings. The van der Waals surface area contributed by atoms with Gasteiger partial charge in [0.25, 0.3) is 0 Å². The number of nitrogens with one attached hydrogen (secondary N) is 1. The van der Waals surface area contributed by atoms with Crippen molar-refractivity contribution >= 4 is 5.91 Å². The van der Waals surface area contributed by atoms with E-state index in [4.69, 9.17) is 4.74 Å². The van der Waals surface area contributed by atoms with Gasteiger partial charge >= 0.3 is 0 Å². The highest BCUT2D eigenvalue weighted by molar-refractivity contribution is 5.81. The van der Waals surface area contributed by atoms with Gasteiger partial charge in [-0.1, -0.05) is 63.2 Å². The topological polar surface area (TPSA) is 38.3 Å². The van der Waals surface area contributed by atoms with Crippen LogP contribution in [-0.4, -0.2) is 13.0 Å². The van der Waals surface area contributed by atoms with E-state index in [1.807, 2.05) is 63.2 Å². The molecule has 0 spiro atoms. The number of amides is 1. The van der Waals surface area contributed by atoms with Crippen LogP contribution in [0.25, 0.3) is 0 Å². The summed E-state index contributed by atoms with van der Waals surface area (Å²) in [5.41, 5.74) is 1.97. The lowest BCUT2D eigenvalue weighted by Gasteiger charge is -2.25. The predicted octanol–water partition coefficient (Wildman–Crippen LogP) is 4.53. The molecule has 0 aliphatic carbocycles. The third-order valence-corrected chi connectivity index (χ3v) is 4.07. The molecular weight excluding hydrogens is 298 g/mol. The number of hydrogen-bond donors (Lipinski definition) is 1. The molecule has 1 unspecified atom stereocenters. The van der Waals surface area contributed by atoms with Crippen LogP contribution in [0.15, 0.2) is 54.6 Å². The number of ether oxygens (including phenoxy) is 1. The molecule has 3 heteroatoms. The average Bonchev–Trinajstić information content (AvgIpc) is 2.58. The van der Waals surface area contributed by atoms with Crippen molar-refractivity contribution in [3.8, 4) is 5.75 Å². The lowest BCUT2D eigenvalue weighted by atomic mass is 9.93. The van der Waals surface area contributed by atoms with E-state index < -0.39 is 5.41 Å². The minimum atomic E-state index is -0.405. The molecule has 0 bridgehead atoms. The normalized spacial score (nSPS) is 12.5. The molecule has 0 saturated carbocycles. The molecule has 1 amide bonds. The van der Waals surface area contributed by atoms with Crippen LogP contribution in [0.4, 0.5) is 0 Å². The predicted molar refractivity (Wildman–Crippen MR) is 98.1 cm³/mol. The molecular formula is C21H27NO2. The summed E-state index contributed by atoms with van der Waals surface area (Å²) in [5, 5.41) is 3.20. The van der Waals surface area contributed by atoms with Crippen LogP contribution in [0.2, 0.25) is 0 Å². The maximum atomic E-state index is 12.4. The lowest BCUT2D eigenvalue weighted by Crippen LogP contribution is -2.37. The molecule has 1 N–H and O–H groups in total. The molecule has 3 nitrogen and oxygen atoms in total. The van der Waals surface area contributed by atoms with Gasteiger partial charge in [-0.2, -0.15) is 0 Å². The first-order chi connectivity index (χ1) is 11.4. The fraction of sp³-hybridized carbons (Fsp3) is 0.381. The van der Waals surface area contributed by atoms with E-state index in [1.54, 1.807) is 7.11 Å². The van der Waals surface area contributed by atoms with Crippen molar-refractivity contribution < 1.29 is 9.53 Å². The van der Waals surface area contributed by atoms with Gasteiger partial charge in [0.15, 0.2) is 0 Å². The van der Waals surface area contributed by atoms with E-state index >= 15 is 0 Å². The Morgan fingerprint density at radius 3 is 2.21 bits per heavy atom. The Balaban J connectivity index is 2.15. The zero-order valence-corrected chi connectivity index (χ0v) is 15.0. The molecule has 0 fully saturated rings. The summed E-state index contributed by atoms with van der Waals surface area (Å²) in [6, 6.07) is 18.3. The molecule has 0 aliphatic heterocycles. The quantitative estimate of drug-likeness (QED) is 0.847. The van der Waals surface area contributed by atoms with Crippen LogP contribution in [-0.2, 0) is 11.2 Å². The van der Waals surface area contributed by atoms with Crippen molar-refractivity contribution in [2.45, 2.75) is 39.7 Å². The van der Waals surface area contributed by atoms with Crippen LogP contribution in [0.5, 0.6) is 5.75 Å². The Kier molecular flexibility index (Phi) is 6.02. The molecule has 24 heavy (non-hydrogen) atoms. The molecule has 2 aromatic rings. The van der Waals surface area contributed by atoms with Crippen LogP contribution in [0, 0.1) is 5.41 Å². The molecule has 0 radical (unpaired) electrons. The molecule has 1 atom stereocenters. The van der Waals surface area contributed by atoms with Gasteiger partial charge in [-0.05, 0) is 36.1 Å². The van der Waals surface area contributed by atoms with Gasteiger partial charge < -0.3 is 10.1 Å². The summed E-state index contributed by atoms with van der Waals surface area (Å²) in [5.74, 6) is 0.888. The highest BCUT2D eigenvalue weighted by Gasteiger charge is 2.24. The fourth-order valence-corrected chi connectivity index (χ4v) is 2.49. The Labute approximate surface area is 145 Å². The van der Waals surface area contributed by atoms with Gasteiger partial charge in [-0.15, -0.1) is 0 Å². The lowest BCUT2D eigenvalue weighted by molar-refractivity contribution is -0.129. The number of carbonyl (C=O) groups excluding carboxylic acids is 1. The molecule has 0 aromatic heterocycles. The summed E-state index contributed by atoms with van der Waals surface area (Å²) < 4.78 is 5.23. The summed E-state index contributed by atoms with van der Waals surface area (Å²) in [6.07, 6.45) is 1.78. The van der Waals surface area contributed by atoms with Gasteiger partial charge in [0, 0.05) is 5.41 Å². The van der Waals surface area contributed by atoms with Crippen molar-refractivity contribution in [1.82, 2.24) is 5.32 Å². The first-order valence-corrected chi connectivity index (χ1v) is 8.39. The van der Waals surface area contributed by atoms with Crippen LogP contribution in [0.3, 0.4) is 0 Å². The summed E-state index contributed by atoms with van der Waals surface area (Å²) >= 11 is 0. The van der Waals surface area contributed by atoms with E-state index in [2.05, 4.69) is 17.4 Å². The minimum Gasteiger partial charge on any atom is -0.497 e. The second-order valence-electron chi connectivity index (χ2n) is 7.07. The monoisotopic (exact) mass is 325 g/mol. The average molecular weight is 325 g/mol. The first kappa shape index (κ1) is 18.1. The standard InChI is InChI=1S/C21H27NO2/c1-21(2,3)20(23)22-19(15-10-16-8-6-5-7-9-16)17-11-13-18(24-4)14-12-17/h5-9,11-14,19H,10,15H2,1-4H3,(H,22,23). The van der Waals surface area contributed by atoms with E-state index in [-0.39, 0.29) is 11.9 Å². The van der Waals surface area contributed by atoms with Gasteiger partial charge in [-0.3, -0.25) is 4.79 Å². The molecule has 2 aromatic carbocycles. The third-order valence-electron chi connectivity index (χ3n) is 4.07. The van der Waals surface area contributed by atoms with Gasteiger partial charge in [0.05, 0.1) is 13.2 Å². The smallest absolute Gasteiger partial charge is 0.225 e. The first-order valence-electron chi connectivity index (χ1n) is 8.39. The number of methoxy groups -OCH3 is 1. The third kappa shape index (κ3) is 5.12. The fourth-order valence-electron chi connectivity index (χ4n) is 2.49. The molecule has 128 valence electrons. The zero-order chi connectivity index (χ0) is 17.6. The number of rotatable bonds is 6. The van der Waals surface area contributed by atoms with Crippen molar-refractivity contribution in [3.63, 3.8) is 0 Å². The highest BCUT2D eigenvalue weighted by atomic mass is 16.5. The van der Waals surface area contributed by atoms with Crippen molar-refractivity contribution in [3.05, 3.63) is 65.7 Å². The van der Waals surface area contributed by atoms with Crippen molar-refractivity contribution in [1.29, 1.82) is 0 Å². The number of carbonyl (C=O) groups is 1. The van der Waals surface area contributed by atoms with Crippen molar-refractivity contribution in [2.75, 3.05) is 7.11 Å². The Morgan fingerprint density at radius 1 is 1.04 bits per heavy atom. The van der Waals surface area contributed by atoms with Gasteiger partial charge in [-0.25, -0.2) is 0 Å². The number of hydrogen-bond acceptors (Lipinski definition) is 2. The van der Waals surface area contributed by atoms with Crippen molar-refractivity contribution in [2.24, 2.45) is 5.41 Å². The Morgan fingerprint density at radius 2 is 1.67 bits per heavy atom. The second-order valence-corrected chi connectivity index (χ2v) is 7.07. The molecule has 0 saturated heterocycles. The summed E-state index contributed by atoms with van der Waals surface area (Å²) in [7, 11) is 1.66. The maximum absolute atomic E-state index is 12.4. The zero-order valence-electron chi connectivity index (χ0n) is 15.0. The van der Waals surface area contributed by atoms with Gasteiger partial charge in [0.1, 0.15) is 5.75 Å². The largest absolute Gasteiger partial charge is 0.497 e. The van der Waals surface area contributed by atoms with Crippen LogP contribution >= 0.6 is 0 Å².